The number of hydrogen-bond acceptors (Lipinski definition) is 7. The minimum Gasteiger partial charge on any atom is -0.484 e. The number of nitrogens with zero attached hydrogens (tertiary/aromatic N) is 3. The molecule has 1 aliphatic heterocycles. The highest BCUT2D eigenvalue weighted by Crippen LogP contribution is 2.36. The Morgan fingerprint density at radius 2 is 1.72 bits per heavy atom. The maximum atomic E-state index is 13.8. The van der Waals surface area contributed by atoms with Gasteiger partial charge in [0.05, 0.1) is 29.9 Å². The van der Waals surface area contributed by atoms with E-state index in [1.165, 1.54) is 0 Å². The zero-order valence-corrected chi connectivity index (χ0v) is 24.5. The maximum absolute atomic E-state index is 13.8. The van der Waals surface area contributed by atoms with E-state index in [0.717, 1.165) is 17.1 Å². The van der Waals surface area contributed by atoms with Gasteiger partial charge in [-0.15, -0.1) is 0 Å². The number of aliphatic hydroxyl groups is 1. The lowest BCUT2D eigenvalue weighted by atomic mass is 10.1. The third-order valence-electron chi connectivity index (χ3n) is 7.50. The molecule has 0 spiro atoms. The molecule has 43 heavy (non-hydrogen) atoms. The summed E-state index contributed by atoms with van der Waals surface area (Å²) in [5.74, 6) is 1.25. The topological polar surface area (TPSA) is 104 Å². The summed E-state index contributed by atoms with van der Waals surface area (Å²) >= 11 is 0. The Hall–Kier alpha value is -4.73. The number of ether oxygens (including phenoxy) is 2. The number of carbonyl (C=O) groups is 2. The van der Waals surface area contributed by atoms with Gasteiger partial charge in [-0.3, -0.25) is 19.5 Å². The second-order valence-corrected chi connectivity index (χ2v) is 10.8. The van der Waals surface area contributed by atoms with Gasteiger partial charge in [-0.25, -0.2) is 0 Å². The van der Waals surface area contributed by atoms with Gasteiger partial charge in [0.1, 0.15) is 17.6 Å². The molecule has 0 saturated heterocycles. The Kier molecular flexibility index (Phi) is 9.34. The zero-order valence-electron chi connectivity index (χ0n) is 24.5. The van der Waals surface area contributed by atoms with Crippen molar-refractivity contribution in [3.63, 3.8) is 0 Å². The van der Waals surface area contributed by atoms with Crippen molar-refractivity contribution in [1.82, 2.24) is 14.8 Å². The van der Waals surface area contributed by atoms with Crippen LogP contribution in [0.3, 0.4) is 0 Å². The SMILES string of the molecule is C[C@@H]1[C@H](CN(C)Cc2ccc(Oc3ccccc3)cc2)Oc2c(NC(=O)c3ccncc3)cccc2C(=O)N1[C@@H](C)CO. The number of aromatic nitrogens is 1. The molecule has 2 N–H and O–H groups in total. The molecular formula is C34H36N4O5. The number of para-hydroxylation sites is 2. The average Bonchev–Trinajstić information content (AvgIpc) is 3.12. The fraction of sp³-hybridized carbons (Fsp3) is 0.265. The summed E-state index contributed by atoms with van der Waals surface area (Å²) in [6, 6.07) is 25.1. The Balaban J connectivity index is 1.36. The fourth-order valence-electron chi connectivity index (χ4n) is 5.23. The third kappa shape index (κ3) is 7.02. The Bertz CT molecular complexity index is 1530. The zero-order chi connectivity index (χ0) is 30.3. The largest absolute Gasteiger partial charge is 0.484 e. The minimum absolute atomic E-state index is 0.191. The highest BCUT2D eigenvalue weighted by Gasteiger charge is 2.39. The summed E-state index contributed by atoms with van der Waals surface area (Å²) in [6.07, 6.45) is 2.64. The first-order valence-electron chi connectivity index (χ1n) is 14.3. The number of pyridine rings is 1. The first-order valence-corrected chi connectivity index (χ1v) is 14.3. The van der Waals surface area contributed by atoms with Gasteiger partial charge in [-0.2, -0.15) is 0 Å². The molecular weight excluding hydrogens is 544 g/mol. The second kappa shape index (κ2) is 13.5. The summed E-state index contributed by atoms with van der Waals surface area (Å²) in [4.78, 5) is 34.6. The molecule has 0 saturated carbocycles. The van der Waals surface area contributed by atoms with E-state index in [1.807, 2.05) is 75.5 Å². The summed E-state index contributed by atoms with van der Waals surface area (Å²) in [6.45, 7) is 4.67. The van der Waals surface area contributed by atoms with Crippen LogP contribution < -0.4 is 14.8 Å². The fourth-order valence-corrected chi connectivity index (χ4v) is 5.23. The van der Waals surface area contributed by atoms with E-state index in [0.29, 0.717) is 35.7 Å². The standard InChI is InChI=1S/C34H36N4O5/c1-23(22-39)38-24(2)31(21-37(3)20-25-12-14-28(15-13-25)42-27-8-5-4-6-9-27)43-32-29(34(38)41)10-7-11-30(32)36-33(40)26-16-18-35-19-17-26/h4-19,23-24,31,39H,20-22H2,1-3H3,(H,36,40)/t23-,24+,31-/m0/s1. The normalized spacial score (nSPS) is 17.0. The smallest absolute Gasteiger partial charge is 0.258 e. The van der Waals surface area contributed by atoms with Gasteiger partial charge in [0.2, 0.25) is 0 Å². The van der Waals surface area contributed by atoms with E-state index in [2.05, 4.69) is 15.2 Å². The molecule has 4 aromatic rings. The monoisotopic (exact) mass is 580 g/mol. The summed E-state index contributed by atoms with van der Waals surface area (Å²) in [5, 5.41) is 12.9. The van der Waals surface area contributed by atoms with Crippen LogP contribution in [-0.4, -0.2) is 70.1 Å². The Morgan fingerprint density at radius 1 is 1.02 bits per heavy atom. The van der Waals surface area contributed by atoms with Gasteiger partial charge in [-0.05, 0) is 75.0 Å². The molecule has 1 aromatic heterocycles. The molecule has 222 valence electrons. The van der Waals surface area contributed by atoms with Crippen LogP contribution >= 0.6 is 0 Å². The third-order valence-corrected chi connectivity index (χ3v) is 7.50. The molecule has 0 radical (unpaired) electrons. The van der Waals surface area contributed by atoms with Crippen molar-refractivity contribution >= 4 is 17.5 Å². The van der Waals surface area contributed by atoms with Gasteiger partial charge in [-0.1, -0.05) is 36.4 Å². The average molecular weight is 581 g/mol. The molecule has 9 nitrogen and oxygen atoms in total. The quantitative estimate of drug-likeness (QED) is 0.265. The summed E-state index contributed by atoms with van der Waals surface area (Å²) in [7, 11) is 2.00. The second-order valence-electron chi connectivity index (χ2n) is 10.8. The summed E-state index contributed by atoms with van der Waals surface area (Å²) in [5.41, 5.74) is 2.26. The predicted molar refractivity (Wildman–Crippen MR) is 165 cm³/mol. The molecule has 5 rings (SSSR count). The van der Waals surface area contributed by atoms with Crippen LogP contribution in [0.2, 0.25) is 0 Å². The first kappa shape index (κ1) is 29.8. The number of amides is 2. The van der Waals surface area contributed by atoms with Crippen molar-refractivity contribution in [1.29, 1.82) is 0 Å². The van der Waals surface area contributed by atoms with Crippen molar-refractivity contribution in [2.75, 3.05) is 25.5 Å². The highest BCUT2D eigenvalue weighted by molar-refractivity contribution is 6.07. The van der Waals surface area contributed by atoms with Crippen LogP contribution in [-0.2, 0) is 6.54 Å². The van der Waals surface area contributed by atoms with Crippen LogP contribution in [0, 0.1) is 0 Å². The minimum atomic E-state index is -0.455. The van der Waals surface area contributed by atoms with E-state index < -0.39 is 12.1 Å². The first-order chi connectivity index (χ1) is 20.8. The number of anilines is 1. The molecule has 2 heterocycles. The van der Waals surface area contributed by atoms with E-state index >= 15 is 0 Å². The predicted octanol–water partition coefficient (Wildman–Crippen LogP) is 5.23. The van der Waals surface area contributed by atoms with Crippen LogP contribution in [0.4, 0.5) is 5.69 Å². The summed E-state index contributed by atoms with van der Waals surface area (Å²) < 4.78 is 12.5. The van der Waals surface area contributed by atoms with Crippen LogP contribution in [0.15, 0.2) is 97.3 Å². The molecule has 3 atom stereocenters. The lowest BCUT2D eigenvalue weighted by Crippen LogP contribution is -2.53. The van der Waals surface area contributed by atoms with Crippen molar-refractivity contribution in [2.45, 2.75) is 38.6 Å². The van der Waals surface area contributed by atoms with Crippen molar-refractivity contribution in [3.8, 4) is 17.2 Å². The number of carbonyl (C=O) groups excluding carboxylic acids is 2. The molecule has 0 fully saturated rings. The highest BCUT2D eigenvalue weighted by atomic mass is 16.5. The Labute approximate surface area is 251 Å². The maximum Gasteiger partial charge on any atom is 0.258 e. The van der Waals surface area contributed by atoms with Gasteiger partial charge in [0, 0.05) is 31.0 Å². The number of fused-ring (bicyclic) bond motifs is 1. The van der Waals surface area contributed by atoms with Crippen molar-refractivity contribution in [3.05, 3.63) is 114 Å². The number of hydrogen-bond donors (Lipinski definition) is 2. The number of nitrogens with one attached hydrogen (secondary N) is 1. The molecule has 3 aromatic carbocycles. The molecule has 0 unspecified atom stereocenters. The van der Waals surface area contributed by atoms with Crippen molar-refractivity contribution in [2.24, 2.45) is 0 Å². The molecule has 1 aliphatic rings. The van der Waals surface area contributed by atoms with Gasteiger partial charge < -0.3 is 24.8 Å². The van der Waals surface area contributed by atoms with Gasteiger partial charge >= 0.3 is 0 Å². The van der Waals surface area contributed by atoms with Crippen LogP contribution in [0.25, 0.3) is 0 Å². The number of aliphatic hydroxyl groups excluding tert-OH is 1. The van der Waals surface area contributed by atoms with Crippen molar-refractivity contribution < 1.29 is 24.2 Å². The number of likely N-dealkylation sites (N-methyl/N-ethyl adjacent to an activating group) is 1. The van der Waals surface area contributed by atoms with E-state index in [4.69, 9.17) is 9.47 Å². The molecule has 0 bridgehead atoms. The molecule has 0 aliphatic carbocycles. The molecule has 2 amide bonds. The van der Waals surface area contributed by atoms with Gasteiger partial charge in [0.25, 0.3) is 11.8 Å². The van der Waals surface area contributed by atoms with Crippen LogP contribution in [0.5, 0.6) is 17.2 Å². The Morgan fingerprint density at radius 3 is 2.42 bits per heavy atom. The molecule has 9 heteroatoms. The van der Waals surface area contributed by atoms with E-state index in [1.54, 1.807) is 47.6 Å². The lowest BCUT2D eigenvalue weighted by molar-refractivity contribution is 0.0250. The van der Waals surface area contributed by atoms with Crippen LogP contribution in [0.1, 0.15) is 40.1 Å². The van der Waals surface area contributed by atoms with E-state index in [9.17, 15) is 14.7 Å². The number of rotatable bonds is 10. The van der Waals surface area contributed by atoms with Gasteiger partial charge in [0.15, 0.2) is 5.75 Å². The lowest BCUT2D eigenvalue weighted by Gasteiger charge is -2.36. The number of benzene rings is 3. The van der Waals surface area contributed by atoms with E-state index in [-0.39, 0.29) is 24.5 Å².